The van der Waals surface area contributed by atoms with Gasteiger partial charge in [0.1, 0.15) is 17.1 Å². The second-order valence-corrected chi connectivity index (χ2v) is 8.94. The van der Waals surface area contributed by atoms with Gasteiger partial charge >= 0.3 is 0 Å². The van der Waals surface area contributed by atoms with Gasteiger partial charge in [0.2, 0.25) is 0 Å². The standard InChI is InChI=1S/C25H18ClFN2O4/c1-29-9-16(15-7-19(27)18(26)8-20(15)29)22-23(25(31)28-24(22)30)17-11-33-21-6-13(4-5-14(17)21)32-10-12-2-3-12/h4-9,11-12H,2-3,10H2,1H3,(H,28,30,31). The van der Waals surface area contributed by atoms with Gasteiger partial charge in [-0.3, -0.25) is 14.9 Å². The average Bonchev–Trinajstić information content (AvgIpc) is 3.36. The highest BCUT2D eigenvalue weighted by Crippen LogP contribution is 2.40. The van der Waals surface area contributed by atoms with Crippen molar-refractivity contribution in [2.75, 3.05) is 6.61 Å². The average molecular weight is 465 g/mol. The number of aryl methyl sites for hydroxylation is 1. The summed E-state index contributed by atoms with van der Waals surface area (Å²) in [5.41, 5.74) is 2.49. The number of hydrogen-bond donors (Lipinski definition) is 1. The van der Waals surface area contributed by atoms with Gasteiger partial charge in [0.15, 0.2) is 0 Å². The molecule has 166 valence electrons. The van der Waals surface area contributed by atoms with Crippen LogP contribution in [0.25, 0.3) is 33.0 Å². The number of imide groups is 1. The summed E-state index contributed by atoms with van der Waals surface area (Å²) in [5, 5.41) is 3.52. The van der Waals surface area contributed by atoms with Crippen LogP contribution in [-0.4, -0.2) is 23.0 Å². The minimum Gasteiger partial charge on any atom is -0.493 e. The number of halogens is 2. The molecule has 0 radical (unpaired) electrons. The molecule has 4 aromatic rings. The Morgan fingerprint density at radius 3 is 2.64 bits per heavy atom. The number of carbonyl (C=O) groups is 2. The smallest absolute Gasteiger partial charge is 0.259 e. The molecular weight excluding hydrogens is 447 g/mol. The van der Waals surface area contributed by atoms with Crippen molar-refractivity contribution in [3.8, 4) is 5.75 Å². The van der Waals surface area contributed by atoms with E-state index in [9.17, 15) is 14.0 Å². The van der Waals surface area contributed by atoms with E-state index in [0.717, 1.165) is 0 Å². The van der Waals surface area contributed by atoms with Gasteiger partial charge in [-0.15, -0.1) is 0 Å². The third kappa shape index (κ3) is 3.23. The molecule has 2 aromatic carbocycles. The maximum absolute atomic E-state index is 14.3. The molecule has 8 heteroatoms. The molecule has 1 aliphatic carbocycles. The molecule has 6 rings (SSSR count). The minimum atomic E-state index is -0.601. The molecule has 1 saturated carbocycles. The Bertz CT molecular complexity index is 1530. The third-order valence-electron chi connectivity index (χ3n) is 6.23. The van der Waals surface area contributed by atoms with Crippen molar-refractivity contribution in [3.63, 3.8) is 0 Å². The van der Waals surface area contributed by atoms with Crippen LogP contribution in [-0.2, 0) is 16.6 Å². The highest BCUT2D eigenvalue weighted by molar-refractivity contribution is 6.50. The van der Waals surface area contributed by atoms with Crippen LogP contribution in [0.4, 0.5) is 4.39 Å². The Labute approximate surface area is 192 Å². The van der Waals surface area contributed by atoms with Gasteiger partial charge in [-0.25, -0.2) is 4.39 Å². The lowest BCUT2D eigenvalue weighted by atomic mass is 9.95. The lowest BCUT2D eigenvalue weighted by Gasteiger charge is -2.05. The number of nitrogens with zero attached hydrogens (tertiary/aromatic N) is 1. The van der Waals surface area contributed by atoms with Gasteiger partial charge in [-0.2, -0.15) is 0 Å². The quantitative estimate of drug-likeness (QED) is 0.418. The molecule has 0 atom stereocenters. The molecule has 0 saturated heterocycles. The highest BCUT2D eigenvalue weighted by Gasteiger charge is 2.35. The van der Waals surface area contributed by atoms with Crippen molar-refractivity contribution in [2.45, 2.75) is 12.8 Å². The zero-order valence-electron chi connectivity index (χ0n) is 17.6. The van der Waals surface area contributed by atoms with Gasteiger partial charge < -0.3 is 13.7 Å². The van der Waals surface area contributed by atoms with E-state index >= 15 is 0 Å². The summed E-state index contributed by atoms with van der Waals surface area (Å²) < 4.78 is 27.6. The second kappa shape index (κ2) is 7.22. The van der Waals surface area contributed by atoms with E-state index in [1.165, 1.54) is 31.2 Å². The predicted molar refractivity (Wildman–Crippen MR) is 122 cm³/mol. The first-order chi connectivity index (χ1) is 15.9. The minimum absolute atomic E-state index is 0.0167. The van der Waals surface area contributed by atoms with Crippen LogP contribution in [0.1, 0.15) is 24.0 Å². The van der Waals surface area contributed by atoms with Crippen LogP contribution < -0.4 is 10.1 Å². The zero-order chi connectivity index (χ0) is 22.9. The summed E-state index contributed by atoms with van der Waals surface area (Å²) in [6.07, 6.45) is 5.54. The second-order valence-electron chi connectivity index (χ2n) is 8.53. The number of ether oxygens (including phenoxy) is 1. The topological polar surface area (TPSA) is 73.5 Å². The summed E-state index contributed by atoms with van der Waals surface area (Å²) in [4.78, 5) is 25.7. The fourth-order valence-corrected chi connectivity index (χ4v) is 4.49. The molecule has 1 aliphatic heterocycles. The number of fused-ring (bicyclic) bond motifs is 2. The lowest BCUT2D eigenvalue weighted by molar-refractivity contribution is -0.122. The number of nitrogens with one attached hydrogen (secondary N) is 1. The lowest BCUT2D eigenvalue weighted by Crippen LogP contribution is -2.22. The summed E-state index contributed by atoms with van der Waals surface area (Å²) in [6, 6.07) is 8.21. The fourth-order valence-electron chi connectivity index (χ4n) is 4.34. The highest BCUT2D eigenvalue weighted by atomic mass is 35.5. The molecule has 0 bridgehead atoms. The van der Waals surface area contributed by atoms with Crippen molar-refractivity contribution >= 4 is 56.4 Å². The van der Waals surface area contributed by atoms with Crippen molar-refractivity contribution in [3.05, 3.63) is 64.8 Å². The van der Waals surface area contributed by atoms with Crippen LogP contribution >= 0.6 is 11.6 Å². The molecule has 0 unspecified atom stereocenters. The maximum atomic E-state index is 14.3. The summed E-state index contributed by atoms with van der Waals surface area (Å²) >= 11 is 5.96. The van der Waals surface area contributed by atoms with Gasteiger partial charge in [-0.1, -0.05) is 11.6 Å². The van der Waals surface area contributed by atoms with Crippen LogP contribution in [0.2, 0.25) is 5.02 Å². The molecule has 2 amide bonds. The number of rotatable bonds is 5. The van der Waals surface area contributed by atoms with E-state index in [0.29, 0.717) is 51.3 Å². The van der Waals surface area contributed by atoms with E-state index in [-0.39, 0.29) is 16.2 Å². The molecule has 3 heterocycles. The van der Waals surface area contributed by atoms with Crippen LogP contribution in [0.3, 0.4) is 0 Å². The number of aromatic nitrogens is 1. The first-order valence-electron chi connectivity index (χ1n) is 10.6. The Hall–Kier alpha value is -3.58. The molecule has 6 nitrogen and oxygen atoms in total. The molecule has 2 aromatic heterocycles. The van der Waals surface area contributed by atoms with Crippen LogP contribution in [0.15, 0.2) is 47.2 Å². The van der Waals surface area contributed by atoms with Crippen LogP contribution in [0.5, 0.6) is 5.75 Å². The number of hydrogen-bond acceptors (Lipinski definition) is 4. The number of benzene rings is 2. The molecule has 2 aliphatic rings. The molecule has 33 heavy (non-hydrogen) atoms. The maximum Gasteiger partial charge on any atom is 0.259 e. The van der Waals surface area contributed by atoms with Crippen molar-refractivity contribution in [2.24, 2.45) is 13.0 Å². The van der Waals surface area contributed by atoms with Crippen LogP contribution in [0, 0.1) is 11.7 Å². The molecular formula is C25H18ClFN2O4. The Morgan fingerprint density at radius 2 is 1.88 bits per heavy atom. The summed E-state index contributed by atoms with van der Waals surface area (Å²) in [6.45, 7) is 0.674. The normalized spacial score (nSPS) is 16.3. The number of furan rings is 1. The summed E-state index contributed by atoms with van der Waals surface area (Å²) in [7, 11) is 1.77. The van der Waals surface area contributed by atoms with E-state index in [4.69, 9.17) is 20.8 Å². The van der Waals surface area contributed by atoms with Gasteiger partial charge in [0, 0.05) is 41.2 Å². The van der Waals surface area contributed by atoms with E-state index in [1.807, 2.05) is 12.1 Å². The van der Waals surface area contributed by atoms with Crippen molar-refractivity contribution in [1.29, 1.82) is 0 Å². The Balaban J connectivity index is 1.52. The molecule has 1 fully saturated rings. The molecule has 1 N–H and O–H groups in total. The Kier molecular flexibility index (Phi) is 4.39. The summed E-state index contributed by atoms with van der Waals surface area (Å²) in [5.74, 6) is -0.363. The number of amides is 2. The zero-order valence-corrected chi connectivity index (χ0v) is 18.3. The van der Waals surface area contributed by atoms with Crippen molar-refractivity contribution in [1.82, 2.24) is 9.88 Å². The van der Waals surface area contributed by atoms with Crippen molar-refractivity contribution < 1.29 is 23.1 Å². The monoisotopic (exact) mass is 464 g/mol. The number of carbonyl (C=O) groups excluding carboxylic acids is 2. The van der Waals surface area contributed by atoms with E-state index in [1.54, 1.807) is 23.9 Å². The predicted octanol–water partition coefficient (Wildman–Crippen LogP) is 5.07. The van der Waals surface area contributed by atoms with Gasteiger partial charge in [0.05, 0.1) is 34.6 Å². The fraction of sp³-hybridized carbons (Fsp3) is 0.200. The SMILES string of the molecule is Cn1cc(C2=C(c3coc4cc(OCC5CC5)ccc34)C(=O)NC2=O)c2cc(F)c(Cl)cc21. The third-order valence-corrected chi connectivity index (χ3v) is 6.52. The molecule has 0 spiro atoms. The first-order valence-corrected chi connectivity index (χ1v) is 11.0. The largest absolute Gasteiger partial charge is 0.493 e. The van der Waals surface area contributed by atoms with E-state index in [2.05, 4.69) is 5.32 Å². The van der Waals surface area contributed by atoms with Gasteiger partial charge in [-0.05, 0) is 43.0 Å². The van der Waals surface area contributed by atoms with E-state index < -0.39 is 17.6 Å². The Morgan fingerprint density at radius 1 is 1.12 bits per heavy atom. The van der Waals surface area contributed by atoms with Gasteiger partial charge in [0.25, 0.3) is 11.8 Å². The first kappa shape index (κ1) is 20.1.